The van der Waals surface area contributed by atoms with Gasteiger partial charge in [-0.2, -0.15) is 0 Å². The normalized spacial score (nSPS) is 11.6. The van der Waals surface area contributed by atoms with Crippen molar-refractivity contribution in [2.45, 2.75) is 23.7 Å². The Morgan fingerprint density at radius 3 is 2.34 bits per heavy atom. The molecule has 0 radical (unpaired) electrons. The first-order valence-corrected chi connectivity index (χ1v) is 11.8. The van der Waals surface area contributed by atoms with Gasteiger partial charge >= 0.3 is 0 Å². The van der Waals surface area contributed by atoms with Crippen LogP contribution in [-0.2, 0) is 33.5 Å². The Labute approximate surface area is 186 Å². The smallest absolute Gasteiger partial charge is 0.242 e. The topological polar surface area (TPSA) is 59.4 Å². The van der Waals surface area contributed by atoms with Gasteiger partial charge in [0.05, 0.1) is 10.6 Å². The highest BCUT2D eigenvalue weighted by atomic mass is 32.2. The maximum Gasteiger partial charge on any atom is 0.242 e. The number of rotatable bonds is 7. The molecule has 4 rings (SSSR count). The Balaban J connectivity index is 1.63. The van der Waals surface area contributed by atoms with Crippen molar-refractivity contribution in [3.8, 4) is 0 Å². The van der Waals surface area contributed by atoms with Gasteiger partial charge < -0.3 is 9.47 Å². The highest BCUT2D eigenvalue weighted by molar-refractivity contribution is 7.90. The fourth-order valence-electron chi connectivity index (χ4n) is 3.70. The van der Waals surface area contributed by atoms with Gasteiger partial charge in [-0.15, -0.1) is 0 Å². The average Bonchev–Trinajstić information content (AvgIpc) is 3.15. The number of halogens is 1. The summed E-state index contributed by atoms with van der Waals surface area (Å²) in [5, 5.41) is 0.516. The van der Waals surface area contributed by atoms with Gasteiger partial charge in [0, 0.05) is 36.3 Å². The van der Waals surface area contributed by atoms with E-state index in [-0.39, 0.29) is 22.9 Å². The van der Waals surface area contributed by atoms with Gasteiger partial charge in [-0.25, -0.2) is 12.8 Å². The van der Waals surface area contributed by atoms with Crippen LogP contribution in [-0.4, -0.2) is 30.8 Å². The lowest BCUT2D eigenvalue weighted by Gasteiger charge is -2.18. The molecule has 164 valence electrons. The molecule has 3 aromatic carbocycles. The number of fused-ring (bicyclic) bond motifs is 1. The number of hydrogen-bond acceptors (Lipinski definition) is 3. The van der Waals surface area contributed by atoms with Gasteiger partial charge in [0.2, 0.25) is 5.91 Å². The molecular formula is C25H23FN2O3S. The quantitative estimate of drug-likeness (QED) is 0.419. The molecule has 0 unspecified atom stereocenters. The van der Waals surface area contributed by atoms with Crippen molar-refractivity contribution in [3.05, 3.63) is 102 Å². The van der Waals surface area contributed by atoms with Crippen LogP contribution < -0.4 is 0 Å². The summed E-state index contributed by atoms with van der Waals surface area (Å²) in [4.78, 5) is 14.6. The predicted octanol–water partition coefficient (Wildman–Crippen LogP) is 4.41. The summed E-state index contributed by atoms with van der Waals surface area (Å²) >= 11 is 0. The summed E-state index contributed by atoms with van der Waals surface area (Å²) in [5.41, 5.74) is 1.76. The van der Waals surface area contributed by atoms with Crippen LogP contribution in [0, 0.1) is 5.82 Å². The molecule has 32 heavy (non-hydrogen) atoms. The highest BCUT2D eigenvalue weighted by Crippen LogP contribution is 2.28. The molecule has 0 N–H and O–H groups in total. The van der Waals surface area contributed by atoms with E-state index in [1.54, 1.807) is 46.8 Å². The molecule has 1 amide bonds. The fourth-order valence-corrected chi connectivity index (χ4v) is 5.30. The van der Waals surface area contributed by atoms with Crippen molar-refractivity contribution in [2.24, 2.45) is 0 Å². The lowest BCUT2D eigenvalue weighted by molar-refractivity contribution is -0.131. The minimum Gasteiger partial charge on any atom is -0.340 e. The van der Waals surface area contributed by atoms with Gasteiger partial charge in [0.25, 0.3) is 0 Å². The lowest BCUT2D eigenvalue weighted by atomic mass is 10.2. The van der Waals surface area contributed by atoms with E-state index in [2.05, 4.69) is 0 Å². The van der Waals surface area contributed by atoms with Crippen molar-refractivity contribution in [1.29, 1.82) is 0 Å². The van der Waals surface area contributed by atoms with E-state index in [0.717, 1.165) is 5.56 Å². The van der Waals surface area contributed by atoms with Crippen molar-refractivity contribution in [2.75, 3.05) is 7.05 Å². The van der Waals surface area contributed by atoms with Gasteiger partial charge in [0.1, 0.15) is 12.4 Å². The second-order valence-corrected chi connectivity index (χ2v) is 9.68. The molecule has 0 saturated heterocycles. The monoisotopic (exact) mass is 450 g/mol. The minimum absolute atomic E-state index is 0.000928. The van der Waals surface area contributed by atoms with Crippen LogP contribution in [0.3, 0.4) is 0 Å². The largest absolute Gasteiger partial charge is 0.340 e. The van der Waals surface area contributed by atoms with E-state index >= 15 is 0 Å². The number of carbonyl (C=O) groups excluding carboxylic acids is 1. The van der Waals surface area contributed by atoms with Crippen LogP contribution in [0.1, 0.15) is 11.1 Å². The van der Waals surface area contributed by atoms with E-state index in [1.807, 2.05) is 30.3 Å². The number of para-hydroxylation sites is 1. The van der Waals surface area contributed by atoms with Crippen LogP contribution in [0.2, 0.25) is 0 Å². The molecule has 0 fully saturated rings. The Morgan fingerprint density at radius 2 is 1.59 bits per heavy atom. The third kappa shape index (κ3) is 4.57. The van der Waals surface area contributed by atoms with Gasteiger partial charge in [0.15, 0.2) is 9.84 Å². The van der Waals surface area contributed by atoms with Crippen molar-refractivity contribution in [3.63, 3.8) is 0 Å². The number of likely N-dealkylation sites (N-methyl/N-ethyl adjacent to an activating group) is 1. The van der Waals surface area contributed by atoms with E-state index in [9.17, 15) is 17.6 Å². The predicted molar refractivity (Wildman–Crippen MR) is 122 cm³/mol. The first-order valence-electron chi connectivity index (χ1n) is 10.2. The number of sulfone groups is 1. The molecule has 0 atom stereocenters. The Bertz CT molecular complexity index is 1360. The number of aromatic nitrogens is 1. The van der Waals surface area contributed by atoms with Crippen LogP contribution in [0.5, 0.6) is 0 Å². The second kappa shape index (κ2) is 8.96. The average molecular weight is 451 g/mol. The van der Waals surface area contributed by atoms with E-state index in [4.69, 9.17) is 0 Å². The van der Waals surface area contributed by atoms with Crippen LogP contribution in [0.15, 0.2) is 90.0 Å². The first kappa shape index (κ1) is 21.8. The second-order valence-electron chi connectivity index (χ2n) is 7.72. The van der Waals surface area contributed by atoms with Crippen LogP contribution >= 0.6 is 0 Å². The molecule has 0 bridgehead atoms. The summed E-state index contributed by atoms with van der Waals surface area (Å²) in [6.45, 7) is 0.455. The van der Waals surface area contributed by atoms with Crippen molar-refractivity contribution < 1.29 is 17.6 Å². The number of hydrogen-bond donors (Lipinski definition) is 0. The molecule has 4 aromatic rings. The molecule has 0 aliphatic carbocycles. The minimum atomic E-state index is -3.83. The highest BCUT2D eigenvalue weighted by Gasteiger charge is 2.24. The van der Waals surface area contributed by atoms with Crippen molar-refractivity contribution in [1.82, 2.24) is 9.47 Å². The first-order chi connectivity index (χ1) is 15.3. The Kier molecular flexibility index (Phi) is 6.10. The van der Waals surface area contributed by atoms with Crippen LogP contribution in [0.4, 0.5) is 4.39 Å². The maximum absolute atomic E-state index is 14.1. The molecule has 5 nitrogen and oxygen atoms in total. The zero-order valence-electron chi connectivity index (χ0n) is 17.6. The summed E-state index contributed by atoms with van der Waals surface area (Å²) in [6, 6.07) is 22.5. The fraction of sp³-hybridized carbons (Fsp3) is 0.160. The molecule has 1 aromatic heterocycles. The van der Waals surface area contributed by atoms with Crippen molar-refractivity contribution >= 4 is 26.6 Å². The SMILES string of the molecule is CN(Cc1ccccc1)C(=O)Cn1cc(S(=O)(=O)Cc2ccccc2F)c2ccccc21. The molecule has 0 aliphatic heterocycles. The summed E-state index contributed by atoms with van der Waals surface area (Å²) in [7, 11) is -2.11. The molecule has 1 heterocycles. The lowest BCUT2D eigenvalue weighted by Crippen LogP contribution is -2.29. The number of benzene rings is 3. The molecule has 0 spiro atoms. The Morgan fingerprint density at radius 1 is 0.938 bits per heavy atom. The van der Waals surface area contributed by atoms with E-state index in [0.29, 0.717) is 17.4 Å². The van der Waals surface area contributed by atoms with E-state index in [1.165, 1.54) is 24.4 Å². The van der Waals surface area contributed by atoms with Crippen LogP contribution in [0.25, 0.3) is 10.9 Å². The number of carbonyl (C=O) groups is 1. The summed E-state index contributed by atoms with van der Waals surface area (Å²) < 4.78 is 42.1. The Hall–Kier alpha value is -3.45. The molecular weight excluding hydrogens is 427 g/mol. The summed E-state index contributed by atoms with van der Waals surface area (Å²) in [5.74, 6) is -1.15. The van der Waals surface area contributed by atoms with E-state index < -0.39 is 21.4 Å². The third-order valence-corrected chi connectivity index (χ3v) is 7.07. The van der Waals surface area contributed by atoms with Gasteiger partial charge in [-0.05, 0) is 17.7 Å². The molecule has 0 saturated carbocycles. The number of amides is 1. The zero-order chi connectivity index (χ0) is 22.7. The van der Waals surface area contributed by atoms with Gasteiger partial charge in [-0.1, -0.05) is 66.7 Å². The third-order valence-electron chi connectivity index (χ3n) is 5.38. The standard InChI is InChI=1S/C25H23FN2O3S/c1-27(15-19-9-3-2-4-10-19)25(29)17-28-16-24(21-12-6-8-14-23(21)28)32(30,31)18-20-11-5-7-13-22(20)26/h2-14,16H,15,17-18H2,1H3. The maximum atomic E-state index is 14.1. The molecule has 0 aliphatic rings. The zero-order valence-corrected chi connectivity index (χ0v) is 18.4. The number of nitrogens with zero attached hydrogens (tertiary/aromatic N) is 2. The van der Waals surface area contributed by atoms with Gasteiger partial charge in [-0.3, -0.25) is 4.79 Å². The molecule has 7 heteroatoms. The summed E-state index contributed by atoms with van der Waals surface area (Å²) in [6.07, 6.45) is 1.48.